The van der Waals surface area contributed by atoms with Gasteiger partial charge in [-0.3, -0.25) is 14.5 Å². The maximum absolute atomic E-state index is 13.1. The van der Waals surface area contributed by atoms with Gasteiger partial charge in [0, 0.05) is 18.8 Å². The minimum atomic E-state index is -0.850. The summed E-state index contributed by atoms with van der Waals surface area (Å²) in [7, 11) is 0.728. The Kier molecular flexibility index (Phi) is 7.25. The van der Waals surface area contributed by atoms with Crippen LogP contribution in [0.15, 0.2) is 53.4 Å². The molecule has 0 aliphatic carbocycles. The monoisotopic (exact) mass is 445 g/mol. The second kappa shape index (κ2) is 9.72. The molecule has 7 nitrogen and oxygen atoms in total. The highest BCUT2D eigenvalue weighted by Crippen LogP contribution is 2.45. The molecule has 0 radical (unpaired) electrons. The number of hydrogen-bond acceptors (Lipinski definition) is 5. The maximum Gasteiger partial charge on any atom is 0.251 e. The van der Waals surface area contributed by atoms with Crippen molar-refractivity contribution in [2.45, 2.75) is 17.0 Å². The zero-order chi connectivity index (χ0) is 22.6. The van der Waals surface area contributed by atoms with Crippen LogP contribution >= 0.6 is 10.0 Å². The highest BCUT2D eigenvalue weighted by atomic mass is 32.3. The van der Waals surface area contributed by atoms with Crippen LogP contribution in [-0.2, 0) is 9.59 Å². The second-order valence-corrected chi connectivity index (χ2v) is 12.6. The Bertz CT molecular complexity index is 904. The van der Waals surface area contributed by atoms with E-state index in [1.54, 1.807) is 31.4 Å². The standard InChI is InChI=1S/C23H31N3O4S/c1-30-19-9-5-16(6-10-19)22(25-21(28)15-26-13-18(27)14-26)23(29)24-17-7-11-20(12-8-17)31(2,3)4/h5-12,18,22,27H,13-15H2,1-4H3,(H,24,29)(H,25,28). The number of likely N-dealkylation sites (tertiary alicyclic amines) is 1. The van der Waals surface area contributed by atoms with Gasteiger partial charge in [-0.25, -0.2) is 10.0 Å². The van der Waals surface area contributed by atoms with Crippen LogP contribution in [-0.4, -0.2) is 73.4 Å². The summed E-state index contributed by atoms with van der Waals surface area (Å²) in [5, 5.41) is 15.2. The third-order valence-electron chi connectivity index (χ3n) is 5.15. The van der Waals surface area contributed by atoms with Crippen LogP contribution in [0.1, 0.15) is 11.6 Å². The third kappa shape index (κ3) is 6.22. The summed E-state index contributed by atoms with van der Waals surface area (Å²) in [6.07, 6.45) is 6.26. The van der Waals surface area contributed by atoms with E-state index in [2.05, 4.69) is 29.4 Å². The van der Waals surface area contributed by atoms with Gasteiger partial charge in [0.1, 0.15) is 11.8 Å². The molecule has 2 amide bonds. The zero-order valence-corrected chi connectivity index (χ0v) is 19.2. The Morgan fingerprint density at radius 3 is 2.23 bits per heavy atom. The first-order valence-corrected chi connectivity index (χ1v) is 12.9. The average Bonchev–Trinajstić information content (AvgIpc) is 2.70. The number of ether oxygens (including phenoxy) is 1. The van der Waals surface area contributed by atoms with Crippen LogP contribution in [0, 0.1) is 0 Å². The van der Waals surface area contributed by atoms with Gasteiger partial charge in [0.15, 0.2) is 0 Å². The number of carbonyl (C=O) groups excluding carboxylic acids is 2. The van der Waals surface area contributed by atoms with Crippen molar-refractivity contribution in [2.75, 3.05) is 50.8 Å². The van der Waals surface area contributed by atoms with E-state index in [1.807, 2.05) is 29.2 Å². The summed E-state index contributed by atoms with van der Waals surface area (Å²) in [5.74, 6) is 0.0802. The minimum Gasteiger partial charge on any atom is -0.497 e. The summed E-state index contributed by atoms with van der Waals surface area (Å²) in [6.45, 7) is 1.07. The smallest absolute Gasteiger partial charge is 0.251 e. The lowest BCUT2D eigenvalue weighted by atomic mass is 10.1. The molecular weight excluding hydrogens is 414 g/mol. The molecule has 168 valence electrons. The van der Waals surface area contributed by atoms with E-state index >= 15 is 0 Å². The van der Waals surface area contributed by atoms with E-state index in [-0.39, 0.29) is 24.5 Å². The molecule has 0 spiro atoms. The van der Waals surface area contributed by atoms with E-state index in [1.165, 1.54) is 4.90 Å². The molecule has 0 bridgehead atoms. The highest BCUT2D eigenvalue weighted by Gasteiger charge is 2.28. The number of nitrogens with one attached hydrogen (secondary N) is 2. The Hall–Kier alpha value is -2.55. The fourth-order valence-corrected chi connectivity index (χ4v) is 4.29. The van der Waals surface area contributed by atoms with Gasteiger partial charge in [-0.05, 0) is 65.6 Å². The lowest BCUT2D eigenvalue weighted by Crippen LogP contribution is -2.54. The van der Waals surface area contributed by atoms with Crippen LogP contribution in [0.3, 0.4) is 0 Å². The summed E-state index contributed by atoms with van der Waals surface area (Å²) in [4.78, 5) is 28.7. The second-order valence-electron chi connectivity index (χ2n) is 8.47. The third-order valence-corrected chi connectivity index (χ3v) is 6.84. The number of nitrogens with zero attached hydrogens (tertiary/aromatic N) is 1. The van der Waals surface area contributed by atoms with Crippen LogP contribution in [0.4, 0.5) is 5.69 Å². The first kappa shape index (κ1) is 23.1. The van der Waals surface area contributed by atoms with E-state index in [0.29, 0.717) is 30.1 Å². The lowest BCUT2D eigenvalue weighted by molar-refractivity contribution is -0.129. The van der Waals surface area contributed by atoms with Gasteiger partial charge in [0.25, 0.3) is 5.91 Å². The molecule has 31 heavy (non-hydrogen) atoms. The topological polar surface area (TPSA) is 90.9 Å². The van der Waals surface area contributed by atoms with Crippen LogP contribution in [0.2, 0.25) is 0 Å². The molecule has 3 N–H and O–H groups in total. The number of carbonyl (C=O) groups is 2. The van der Waals surface area contributed by atoms with Gasteiger partial charge >= 0.3 is 0 Å². The van der Waals surface area contributed by atoms with E-state index < -0.39 is 16.1 Å². The van der Waals surface area contributed by atoms with E-state index in [4.69, 9.17) is 4.74 Å². The first-order valence-electron chi connectivity index (χ1n) is 10.1. The van der Waals surface area contributed by atoms with Gasteiger partial charge in [-0.15, -0.1) is 0 Å². The molecule has 1 saturated heterocycles. The molecule has 1 aliphatic rings. The Balaban J connectivity index is 1.74. The molecule has 2 aromatic rings. The summed E-state index contributed by atoms with van der Waals surface area (Å²) >= 11 is 0. The zero-order valence-electron chi connectivity index (χ0n) is 18.4. The van der Waals surface area contributed by atoms with Crippen molar-refractivity contribution in [1.82, 2.24) is 10.2 Å². The highest BCUT2D eigenvalue weighted by molar-refractivity contribution is 8.32. The Labute approximate surface area is 185 Å². The molecule has 1 unspecified atom stereocenters. The van der Waals surface area contributed by atoms with E-state index in [0.717, 1.165) is 0 Å². The van der Waals surface area contributed by atoms with E-state index in [9.17, 15) is 14.7 Å². The van der Waals surface area contributed by atoms with Gasteiger partial charge in [-0.1, -0.05) is 12.1 Å². The SMILES string of the molecule is COc1ccc(C(NC(=O)CN2CC(O)C2)C(=O)Nc2ccc(S(C)(C)C)cc2)cc1. The summed E-state index contributed by atoms with van der Waals surface area (Å²) in [6, 6.07) is 14.0. The van der Waals surface area contributed by atoms with Crippen molar-refractivity contribution >= 4 is 27.5 Å². The number of β-amino-alcohol motifs (C(OH)–C–C–N with tert-alkyl or cyclic N) is 1. The fraction of sp³-hybridized carbons (Fsp3) is 0.391. The van der Waals surface area contributed by atoms with Crippen molar-refractivity contribution in [3.05, 3.63) is 54.1 Å². The Morgan fingerprint density at radius 2 is 1.71 bits per heavy atom. The van der Waals surface area contributed by atoms with Gasteiger partial charge in [0.2, 0.25) is 5.91 Å². The minimum absolute atomic E-state index is 0.139. The van der Waals surface area contributed by atoms with Crippen molar-refractivity contribution < 1.29 is 19.4 Å². The average molecular weight is 446 g/mol. The van der Waals surface area contributed by atoms with Gasteiger partial charge < -0.3 is 20.5 Å². The lowest BCUT2D eigenvalue weighted by Gasteiger charge is -2.35. The number of methoxy groups -OCH3 is 1. The summed E-state index contributed by atoms with van der Waals surface area (Å²) in [5.41, 5.74) is 1.34. The molecule has 0 aromatic heterocycles. The molecule has 2 aromatic carbocycles. The number of rotatable bonds is 8. The van der Waals surface area contributed by atoms with Crippen molar-refractivity contribution in [3.63, 3.8) is 0 Å². The quantitative estimate of drug-likeness (QED) is 0.580. The number of hydrogen-bond donors (Lipinski definition) is 3. The number of amides is 2. The van der Waals surface area contributed by atoms with Crippen LogP contribution in [0.25, 0.3) is 0 Å². The number of aliphatic hydroxyl groups is 1. The van der Waals surface area contributed by atoms with Crippen molar-refractivity contribution in [1.29, 1.82) is 0 Å². The first-order chi connectivity index (χ1) is 14.7. The van der Waals surface area contributed by atoms with Crippen molar-refractivity contribution in [2.24, 2.45) is 0 Å². The molecule has 8 heteroatoms. The van der Waals surface area contributed by atoms with Gasteiger partial charge in [-0.2, -0.15) is 0 Å². The summed E-state index contributed by atoms with van der Waals surface area (Å²) < 4.78 is 5.19. The fourth-order valence-electron chi connectivity index (χ4n) is 3.34. The largest absolute Gasteiger partial charge is 0.497 e. The predicted octanol–water partition coefficient (Wildman–Crippen LogP) is 2.22. The number of anilines is 1. The molecule has 1 aliphatic heterocycles. The van der Waals surface area contributed by atoms with Crippen LogP contribution in [0.5, 0.6) is 5.75 Å². The van der Waals surface area contributed by atoms with Crippen molar-refractivity contribution in [3.8, 4) is 5.75 Å². The predicted molar refractivity (Wildman–Crippen MR) is 125 cm³/mol. The molecule has 3 rings (SSSR count). The molecule has 1 heterocycles. The maximum atomic E-state index is 13.1. The number of benzene rings is 2. The Morgan fingerprint density at radius 1 is 1.10 bits per heavy atom. The molecule has 1 atom stereocenters. The molecular formula is C23H31N3O4S. The van der Waals surface area contributed by atoms with Crippen LogP contribution < -0.4 is 15.4 Å². The normalized spacial score (nSPS) is 16.2. The molecule has 1 fully saturated rings. The molecule has 0 saturated carbocycles. The van der Waals surface area contributed by atoms with Gasteiger partial charge in [0.05, 0.1) is 19.8 Å². The number of aliphatic hydroxyl groups excluding tert-OH is 1.